The predicted octanol–water partition coefficient (Wildman–Crippen LogP) is 2.44. The largest absolute Gasteiger partial charge is 0.356 e. The van der Waals surface area contributed by atoms with Gasteiger partial charge in [0.2, 0.25) is 0 Å². The van der Waals surface area contributed by atoms with Crippen molar-refractivity contribution in [3.05, 3.63) is 35.9 Å². The summed E-state index contributed by atoms with van der Waals surface area (Å²) in [5, 5.41) is 7.02. The molecule has 0 aromatic heterocycles. The maximum absolute atomic E-state index is 4.37. The minimum Gasteiger partial charge on any atom is -0.356 e. The molecule has 2 N–H and O–H groups in total. The fraction of sp³-hybridized carbons (Fsp3) is 0.632. The van der Waals surface area contributed by atoms with Crippen LogP contribution in [0.5, 0.6) is 0 Å². The quantitative estimate of drug-likeness (QED) is 0.626. The molecule has 1 aliphatic heterocycles. The van der Waals surface area contributed by atoms with Gasteiger partial charge in [-0.15, -0.1) is 0 Å². The van der Waals surface area contributed by atoms with Gasteiger partial charge in [0.1, 0.15) is 0 Å². The Balaban J connectivity index is 1.39. The molecule has 1 heterocycles. The monoisotopic (exact) mass is 314 g/mol. The number of likely N-dealkylation sites (tertiary alicyclic amines) is 1. The Bertz CT molecular complexity index is 513. The lowest BCUT2D eigenvalue weighted by molar-refractivity contribution is 0.267. The average molecular weight is 314 g/mol. The summed E-state index contributed by atoms with van der Waals surface area (Å²) in [7, 11) is 1.86. The first-order valence-electron chi connectivity index (χ1n) is 9.05. The second-order valence-corrected chi connectivity index (χ2v) is 6.77. The highest BCUT2D eigenvalue weighted by Gasteiger charge is 2.37. The van der Waals surface area contributed by atoms with Crippen molar-refractivity contribution in [3.63, 3.8) is 0 Å². The minimum absolute atomic E-state index is 0.663. The number of benzene rings is 1. The van der Waals surface area contributed by atoms with E-state index in [1.165, 1.54) is 31.4 Å². The van der Waals surface area contributed by atoms with Crippen LogP contribution in [0.15, 0.2) is 35.3 Å². The Morgan fingerprint density at radius 2 is 2.00 bits per heavy atom. The van der Waals surface area contributed by atoms with Crippen molar-refractivity contribution in [1.29, 1.82) is 0 Å². The summed E-state index contributed by atoms with van der Waals surface area (Å²) < 4.78 is 0. The highest BCUT2D eigenvalue weighted by Crippen LogP contribution is 2.46. The van der Waals surface area contributed by atoms with E-state index in [2.05, 4.69) is 57.8 Å². The molecule has 1 saturated heterocycles. The van der Waals surface area contributed by atoms with Gasteiger partial charge in [-0.3, -0.25) is 9.89 Å². The summed E-state index contributed by atoms with van der Waals surface area (Å²) in [6.07, 6.45) is 3.92. The standard InChI is InChI=1S/C19H30N4/c1-3-23-11-7-10-17(23)14-22-19(20-2)21-13-16-12-18(16)15-8-5-4-6-9-15/h4-6,8-9,16-18H,3,7,10-14H2,1-2H3,(H2,20,21,22). The topological polar surface area (TPSA) is 39.7 Å². The van der Waals surface area contributed by atoms with Gasteiger partial charge in [-0.05, 0) is 49.8 Å². The first kappa shape index (κ1) is 16.3. The summed E-state index contributed by atoms with van der Waals surface area (Å²) in [6.45, 7) is 6.67. The molecule has 4 heteroatoms. The van der Waals surface area contributed by atoms with Gasteiger partial charge >= 0.3 is 0 Å². The molecule has 1 aromatic carbocycles. The fourth-order valence-corrected chi connectivity index (χ4v) is 3.79. The van der Waals surface area contributed by atoms with Gasteiger partial charge in [-0.2, -0.15) is 0 Å². The van der Waals surface area contributed by atoms with Crippen LogP contribution >= 0.6 is 0 Å². The van der Waals surface area contributed by atoms with E-state index in [9.17, 15) is 0 Å². The Labute approximate surface area is 140 Å². The lowest BCUT2D eigenvalue weighted by Crippen LogP contribution is -2.45. The highest BCUT2D eigenvalue weighted by atomic mass is 15.2. The van der Waals surface area contributed by atoms with Gasteiger partial charge in [0.25, 0.3) is 0 Å². The first-order valence-corrected chi connectivity index (χ1v) is 9.05. The molecule has 126 valence electrons. The zero-order valence-corrected chi connectivity index (χ0v) is 14.5. The van der Waals surface area contributed by atoms with Gasteiger partial charge in [0.05, 0.1) is 0 Å². The molecule has 3 rings (SSSR count). The summed E-state index contributed by atoms with van der Waals surface area (Å²) in [5.41, 5.74) is 1.48. The normalized spacial score (nSPS) is 27.9. The predicted molar refractivity (Wildman–Crippen MR) is 96.9 cm³/mol. The summed E-state index contributed by atoms with van der Waals surface area (Å²) >= 11 is 0. The fourth-order valence-electron chi connectivity index (χ4n) is 3.79. The zero-order chi connectivity index (χ0) is 16.1. The third-order valence-corrected chi connectivity index (χ3v) is 5.32. The summed E-state index contributed by atoms with van der Waals surface area (Å²) in [4.78, 5) is 6.94. The smallest absolute Gasteiger partial charge is 0.191 e. The van der Waals surface area contributed by atoms with Gasteiger partial charge in [0.15, 0.2) is 5.96 Å². The van der Waals surface area contributed by atoms with Gasteiger partial charge in [-0.1, -0.05) is 37.3 Å². The molecule has 4 nitrogen and oxygen atoms in total. The average Bonchev–Trinajstić information content (AvgIpc) is 3.24. The number of rotatable bonds is 6. The van der Waals surface area contributed by atoms with Crippen LogP contribution in [-0.2, 0) is 0 Å². The van der Waals surface area contributed by atoms with Gasteiger partial charge in [0, 0.05) is 26.2 Å². The van der Waals surface area contributed by atoms with Gasteiger partial charge < -0.3 is 10.6 Å². The number of aliphatic imine (C=N–C) groups is 1. The van der Waals surface area contributed by atoms with Crippen LogP contribution in [0.2, 0.25) is 0 Å². The summed E-state index contributed by atoms with van der Waals surface area (Å²) in [5.74, 6) is 2.42. The van der Waals surface area contributed by atoms with Crippen LogP contribution in [0.25, 0.3) is 0 Å². The molecule has 1 aromatic rings. The Hall–Kier alpha value is -1.55. The lowest BCUT2D eigenvalue weighted by Gasteiger charge is -2.24. The molecule has 1 aliphatic carbocycles. The van der Waals surface area contributed by atoms with Crippen LogP contribution < -0.4 is 10.6 Å². The van der Waals surface area contributed by atoms with E-state index in [-0.39, 0.29) is 0 Å². The van der Waals surface area contributed by atoms with E-state index >= 15 is 0 Å². The van der Waals surface area contributed by atoms with Crippen LogP contribution in [0.1, 0.15) is 37.7 Å². The molecular weight excluding hydrogens is 284 g/mol. The van der Waals surface area contributed by atoms with Crippen molar-refractivity contribution < 1.29 is 0 Å². The number of guanidine groups is 1. The van der Waals surface area contributed by atoms with Crippen LogP contribution in [0, 0.1) is 5.92 Å². The molecule has 0 bridgehead atoms. The van der Waals surface area contributed by atoms with E-state index in [0.29, 0.717) is 6.04 Å². The SMILES string of the molecule is CCN1CCCC1CNC(=NC)NCC1CC1c1ccccc1. The van der Waals surface area contributed by atoms with Crippen molar-refractivity contribution in [3.8, 4) is 0 Å². The molecule has 2 fully saturated rings. The molecule has 2 aliphatic rings. The first-order chi connectivity index (χ1) is 11.3. The zero-order valence-electron chi connectivity index (χ0n) is 14.5. The van der Waals surface area contributed by atoms with Crippen molar-refractivity contribution >= 4 is 5.96 Å². The molecule has 3 unspecified atom stereocenters. The number of nitrogens with zero attached hydrogens (tertiary/aromatic N) is 2. The number of likely N-dealkylation sites (N-methyl/N-ethyl adjacent to an activating group) is 1. The number of nitrogens with one attached hydrogen (secondary N) is 2. The van der Waals surface area contributed by atoms with Crippen LogP contribution in [0.4, 0.5) is 0 Å². The van der Waals surface area contributed by atoms with Crippen LogP contribution in [0.3, 0.4) is 0 Å². The van der Waals surface area contributed by atoms with E-state index in [0.717, 1.165) is 37.4 Å². The van der Waals surface area contributed by atoms with Crippen molar-refractivity contribution in [2.75, 3.05) is 33.2 Å². The van der Waals surface area contributed by atoms with E-state index in [1.54, 1.807) is 0 Å². The van der Waals surface area contributed by atoms with Gasteiger partial charge in [-0.25, -0.2) is 0 Å². The molecule has 3 atom stereocenters. The molecular formula is C19H30N4. The van der Waals surface area contributed by atoms with Crippen molar-refractivity contribution in [2.45, 2.75) is 38.1 Å². The van der Waals surface area contributed by atoms with E-state index in [4.69, 9.17) is 0 Å². The van der Waals surface area contributed by atoms with E-state index < -0.39 is 0 Å². The van der Waals surface area contributed by atoms with Crippen molar-refractivity contribution in [1.82, 2.24) is 15.5 Å². The summed E-state index contributed by atoms with van der Waals surface area (Å²) in [6, 6.07) is 11.5. The van der Waals surface area contributed by atoms with Crippen molar-refractivity contribution in [2.24, 2.45) is 10.9 Å². The second-order valence-electron chi connectivity index (χ2n) is 6.77. The Morgan fingerprint density at radius 1 is 1.22 bits per heavy atom. The second kappa shape index (κ2) is 7.82. The molecule has 23 heavy (non-hydrogen) atoms. The minimum atomic E-state index is 0.663. The Morgan fingerprint density at radius 3 is 2.74 bits per heavy atom. The van der Waals surface area contributed by atoms with Crippen LogP contribution in [-0.4, -0.2) is 50.1 Å². The maximum Gasteiger partial charge on any atom is 0.191 e. The molecule has 0 amide bonds. The highest BCUT2D eigenvalue weighted by molar-refractivity contribution is 5.79. The Kier molecular flexibility index (Phi) is 5.55. The molecule has 1 saturated carbocycles. The third-order valence-electron chi connectivity index (χ3n) is 5.32. The number of hydrogen-bond acceptors (Lipinski definition) is 2. The van der Waals surface area contributed by atoms with E-state index in [1.807, 2.05) is 7.05 Å². The maximum atomic E-state index is 4.37. The molecule has 0 radical (unpaired) electrons. The number of hydrogen-bond donors (Lipinski definition) is 2. The lowest BCUT2D eigenvalue weighted by atomic mass is 10.1. The molecule has 0 spiro atoms. The third kappa shape index (κ3) is 4.25.